The van der Waals surface area contributed by atoms with E-state index in [0.29, 0.717) is 28.9 Å². The van der Waals surface area contributed by atoms with Gasteiger partial charge in [0.15, 0.2) is 17.5 Å². The van der Waals surface area contributed by atoms with E-state index in [1.807, 2.05) is 85.1 Å². The van der Waals surface area contributed by atoms with Gasteiger partial charge < -0.3 is 0 Å². The second-order valence-corrected chi connectivity index (χ2v) is 10.8. The van der Waals surface area contributed by atoms with Crippen molar-refractivity contribution in [3.63, 3.8) is 0 Å². The summed E-state index contributed by atoms with van der Waals surface area (Å²) in [5, 5.41) is 1.10. The minimum Gasteiger partial charge on any atom is -0.256 e. The van der Waals surface area contributed by atoms with Crippen molar-refractivity contribution < 1.29 is 0 Å². The highest BCUT2D eigenvalue weighted by Crippen LogP contribution is 2.29. The summed E-state index contributed by atoms with van der Waals surface area (Å²) in [6.07, 6.45) is 9.04. The van der Waals surface area contributed by atoms with E-state index in [1.165, 1.54) is 0 Å². The third-order valence-electron chi connectivity index (χ3n) is 7.78. The summed E-state index contributed by atoms with van der Waals surface area (Å²) < 4.78 is 0. The molecule has 0 amide bonds. The molecule has 0 radical (unpaired) electrons. The van der Waals surface area contributed by atoms with Gasteiger partial charge in [-0.15, -0.1) is 0 Å². The molecule has 8 nitrogen and oxygen atoms in total. The van der Waals surface area contributed by atoms with Crippen molar-refractivity contribution in [2.24, 2.45) is 4.99 Å². The first-order valence-electron chi connectivity index (χ1n) is 15.1. The first kappa shape index (κ1) is 27.3. The largest absolute Gasteiger partial charge is 0.256 e. The first-order valence-corrected chi connectivity index (χ1v) is 15.1. The molecule has 6 heterocycles. The van der Waals surface area contributed by atoms with Gasteiger partial charge in [-0.3, -0.25) is 15.0 Å². The first-order chi connectivity index (χ1) is 22.8. The van der Waals surface area contributed by atoms with Crippen LogP contribution >= 0.6 is 0 Å². The molecule has 0 fully saturated rings. The predicted molar refractivity (Wildman–Crippen MR) is 180 cm³/mol. The summed E-state index contributed by atoms with van der Waals surface area (Å²) in [5.41, 5.74) is 8.64. The fourth-order valence-electron chi connectivity index (χ4n) is 5.47. The van der Waals surface area contributed by atoms with Crippen LogP contribution < -0.4 is 0 Å². The molecule has 0 spiro atoms. The van der Waals surface area contributed by atoms with Crippen molar-refractivity contribution in [1.82, 2.24) is 34.9 Å². The predicted octanol–water partition coefficient (Wildman–Crippen LogP) is 7.90. The number of aromatic nitrogens is 7. The minimum absolute atomic E-state index is 0.463. The Morgan fingerprint density at radius 2 is 1.15 bits per heavy atom. The number of benzene rings is 2. The van der Waals surface area contributed by atoms with Gasteiger partial charge in [0.1, 0.15) is 11.4 Å². The molecule has 1 aliphatic heterocycles. The van der Waals surface area contributed by atoms with Crippen molar-refractivity contribution in [2.75, 3.05) is 0 Å². The summed E-state index contributed by atoms with van der Waals surface area (Å²) in [7, 11) is 0. The molecule has 0 unspecified atom stereocenters. The van der Waals surface area contributed by atoms with E-state index in [-0.39, 0.29) is 0 Å². The Labute approximate surface area is 265 Å². The standard InChI is InChI=1S/C38H26N8/c1-3-21-40-30(9-1)32-11-5-13-34(42-32)37-44-36(45-38(46-37)35-14-6-12-33(43-35)31-10-2-4-22-41-31)26-17-15-25(16-18-26)27-19-20-29-28(24-27)8-7-23-39-29/h1-5,7-11,13-24H,6,12H2. The van der Waals surface area contributed by atoms with Gasteiger partial charge in [-0.2, -0.15) is 0 Å². The van der Waals surface area contributed by atoms with Crippen LogP contribution in [0, 0.1) is 0 Å². The molecule has 2 aromatic carbocycles. The topological polar surface area (TPSA) is 103 Å². The Hall–Kier alpha value is -6.28. The number of aliphatic imine (C=N–C) groups is 1. The molecule has 0 bridgehead atoms. The lowest BCUT2D eigenvalue weighted by molar-refractivity contribution is 0.993. The highest BCUT2D eigenvalue weighted by atomic mass is 15.1. The van der Waals surface area contributed by atoms with Gasteiger partial charge in [0.25, 0.3) is 0 Å². The van der Waals surface area contributed by atoms with Gasteiger partial charge in [-0.1, -0.05) is 60.7 Å². The zero-order chi connectivity index (χ0) is 30.7. The van der Waals surface area contributed by atoms with Crippen LogP contribution in [-0.4, -0.2) is 40.6 Å². The lowest BCUT2D eigenvalue weighted by atomic mass is 10.0. The maximum absolute atomic E-state index is 4.96. The van der Waals surface area contributed by atoms with Crippen LogP contribution in [0.2, 0.25) is 0 Å². The normalized spacial score (nSPS) is 12.9. The Kier molecular flexibility index (Phi) is 7.12. The Balaban J connectivity index is 1.21. The van der Waals surface area contributed by atoms with Gasteiger partial charge in [0.2, 0.25) is 0 Å². The van der Waals surface area contributed by atoms with E-state index in [0.717, 1.165) is 63.2 Å². The molecule has 8 heteroatoms. The molecule has 0 atom stereocenters. The van der Waals surface area contributed by atoms with E-state index in [1.54, 1.807) is 12.4 Å². The van der Waals surface area contributed by atoms with E-state index >= 15 is 0 Å². The average molecular weight is 595 g/mol. The van der Waals surface area contributed by atoms with Crippen LogP contribution in [-0.2, 0) is 0 Å². The SMILES string of the molecule is C1=C(c2nc(-c3ccc(-c4ccc5ncccc5c4)cc3)nc(-c3cccc(-c4ccccn4)n3)n2)N=C(c2ccccn2)CC1. The van der Waals surface area contributed by atoms with Gasteiger partial charge in [-0.05, 0) is 78.6 Å². The van der Waals surface area contributed by atoms with Crippen molar-refractivity contribution in [1.29, 1.82) is 0 Å². The number of fused-ring (bicyclic) bond motifs is 1. The maximum atomic E-state index is 4.96. The summed E-state index contributed by atoms with van der Waals surface area (Å²) in [6, 6.07) is 36.0. The van der Waals surface area contributed by atoms with Crippen LogP contribution in [0.25, 0.3) is 62.0 Å². The van der Waals surface area contributed by atoms with Crippen molar-refractivity contribution >= 4 is 22.3 Å². The second-order valence-electron chi connectivity index (χ2n) is 10.8. The van der Waals surface area contributed by atoms with E-state index in [9.17, 15) is 0 Å². The van der Waals surface area contributed by atoms with Crippen LogP contribution in [0.3, 0.4) is 0 Å². The highest BCUT2D eigenvalue weighted by Gasteiger charge is 2.18. The molecule has 7 aromatic rings. The molecule has 46 heavy (non-hydrogen) atoms. The van der Waals surface area contributed by atoms with Gasteiger partial charge >= 0.3 is 0 Å². The Morgan fingerprint density at radius 3 is 1.98 bits per heavy atom. The summed E-state index contributed by atoms with van der Waals surface area (Å²) in [6.45, 7) is 0. The van der Waals surface area contributed by atoms with Gasteiger partial charge in [0, 0.05) is 29.5 Å². The maximum Gasteiger partial charge on any atom is 0.182 e. The molecular formula is C38H26N8. The third-order valence-corrected chi connectivity index (χ3v) is 7.78. The molecule has 0 saturated heterocycles. The lowest BCUT2D eigenvalue weighted by Gasteiger charge is -2.14. The van der Waals surface area contributed by atoms with E-state index in [2.05, 4.69) is 51.4 Å². The zero-order valence-electron chi connectivity index (χ0n) is 24.7. The zero-order valence-corrected chi connectivity index (χ0v) is 24.7. The highest BCUT2D eigenvalue weighted by molar-refractivity contribution is 6.02. The average Bonchev–Trinajstić information content (AvgIpc) is 3.15. The fraction of sp³-hybridized carbons (Fsp3) is 0.0526. The molecule has 0 aliphatic carbocycles. The van der Waals surface area contributed by atoms with Crippen molar-refractivity contribution in [3.8, 4) is 45.4 Å². The molecule has 0 saturated carbocycles. The monoisotopic (exact) mass is 594 g/mol. The van der Waals surface area contributed by atoms with Crippen molar-refractivity contribution in [3.05, 3.63) is 145 Å². The molecule has 8 rings (SSSR count). The van der Waals surface area contributed by atoms with Crippen LogP contribution in [0.15, 0.2) is 139 Å². The van der Waals surface area contributed by atoms with Gasteiger partial charge in [-0.25, -0.2) is 24.9 Å². The molecule has 1 aliphatic rings. The number of allylic oxidation sites excluding steroid dienone is 1. The van der Waals surface area contributed by atoms with E-state index < -0.39 is 0 Å². The quantitative estimate of drug-likeness (QED) is 0.193. The lowest BCUT2D eigenvalue weighted by Crippen LogP contribution is -2.09. The van der Waals surface area contributed by atoms with Crippen LogP contribution in [0.5, 0.6) is 0 Å². The summed E-state index contributed by atoms with van der Waals surface area (Å²) in [5.74, 6) is 1.49. The number of rotatable bonds is 6. The van der Waals surface area contributed by atoms with E-state index in [4.69, 9.17) is 24.9 Å². The molecule has 0 N–H and O–H groups in total. The van der Waals surface area contributed by atoms with Crippen LogP contribution in [0.4, 0.5) is 0 Å². The smallest absolute Gasteiger partial charge is 0.182 e. The molecule has 5 aromatic heterocycles. The number of hydrogen-bond donors (Lipinski definition) is 0. The molecular weight excluding hydrogens is 568 g/mol. The second kappa shape index (κ2) is 12.0. The number of nitrogens with zero attached hydrogens (tertiary/aromatic N) is 8. The Morgan fingerprint density at radius 1 is 0.457 bits per heavy atom. The summed E-state index contributed by atoms with van der Waals surface area (Å²) >= 11 is 0. The van der Waals surface area contributed by atoms with Crippen LogP contribution in [0.1, 0.15) is 24.4 Å². The summed E-state index contributed by atoms with van der Waals surface area (Å²) in [4.78, 5) is 38.1. The number of pyridine rings is 4. The number of hydrogen-bond acceptors (Lipinski definition) is 8. The minimum atomic E-state index is 0.463. The van der Waals surface area contributed by atoms with Gasteiger partial charge in [0.05, 0.1) is 28.3 Å². The molecule has 218 valence electrons. The van der Waals surface area contributed by atoms with Crippen molar-refractivity contribution in [2.45, 2.75) is 12.8 Å². The third kappa shape index (κ3) is 5.55. The Bertz CT molecular complexity index is 2250. The fourth-order valence-corrected chi connectivity index (χ4v) is 5.47.